The van der Waals surface area contributed by atoms with Gasteiger partial charge in [0.15, 0.2) is 0 Å². The summed E-state index contributed by atoms with van der Waals surface area (Å²) < 4.78 is 0. The van der Waals surface area contributed by atoms with Crippen LogP contribution in [0.15, 0.2) is 12.7 Å². The van der Waals surface area contributed by atoms with Crippen LogP contribution in [0.3, 0.4) is 0 Å². The summed E-state index contributed by atoms with van der Waals surface area (Å²) >= 11 is 0. The predicted molar refractivity (Wildman–Crippen MR) is 74.9 cm³/mol. The third-order valence-corrected chi connectivity index (χ3v) is 3.35. The second kappa shape index (κ2) is 8.81. The van der Waals surface area contributed by atoms with Gasteiger partial charge in [0.05, 0.1) is 0 Å². The number of fused-ring (bicyclic) bond motifs is 2. The highest BCUT2D eigenvalue weighted by Gasteiger charge is 2.37. The topological polar surface area (TPSA) is 3.24 Å². The van der Waals surface area contributed by atoms with Crippen molar-refractivity contribution in [3.05, 3.63) is 12.7 Å². The maximum Gasteiger partial charge on any atom is 0.0101 e. The van der Waals surface area contributed by atoms with E-state index in [9.17, 15) is 0 Å². The third kappa shape index (κ3) is 4.29. The Hall–Kier alpha value is -0.300. The Bertz CT molecular complexity index is 158. The number of hydrogen-bond acceptors (Lipinski definition) is 1. The summed E-state index contributed by atoms with van der Waals surface area (Å²) in [5, 5.41) is 0. The lowest BCUT2D eigenvalue weighted by Crippen LogP contribution is -2.43. The van der Waals surface area contributed by atoms with Crippen LogP contribution in [0, 0.1) is 0 Å². The van der Waals surface area contributed by atoms with Gasteiger partial charge in [0.2, 0.25) is 0 Å². The van der Waals surface area contributed by atoms with Crippen molar-refractivity contribution in [2.24, 2.45) is 0 Å². The van der Waals surface area contributed by atoms with Crippen molar-refractivity contribution in [3.63, 3.8) is 0 Å². The van der Waals surface area contributed by atoms with Crippen LogP contribution in [-0.2, 0) is 0 Å². The van der Waals surface area contributed by atoms with Crippen LogP contribution >= 0.6 is 0 Å². The van der Waals surface area contributed by atoms with Gasteiger partial charge in [0.25, 0.3) is 0 Å². The first kappa shape index (κ1) is 15.7. The fourth-order valence-corrected chi connectivity index (χ4v) is 3.00. The van der Waals surface area contributed by atoms with E-state index in [-0.39, 0.29) is 0 Å². The molecule has 2 unspecified atom stereocenters. The number of hydrogen-bond donors (Lipinski definition) is 0. The molecule has 0 saturated carbocycles. The molecule has 2 heterocycles. The highest BCUT2D eigenvalue weighted by molar-refractivity contribution is 4.93. The van der Waals surface area contributed by atoms with E-state index in [0.717, 1.165) is 18.1 Å². The number of rotatable bonds is 1. The Labute approximate surface area is 103 Å². The summed E-state index contributed by atoms with van der Waals surface area (Å²) in [4.78, 5) is 2.75. The van der Waals surface area contributed by atoms with E-state index in [1.54, 1.807) is 6.08 Å². The lowest BCUT2D eigenvalue weighted by Gasteiger charge is -2.37. The van der Waals surface area contributed by atoms with Gasteiger partial charge in [-0.05, 0) is 46.5 Å². The highest BCUT2D eigenvalue weighted by Crippen LogP contribution is 2.36. The molecule has 0 spiro atoms. The predicted octanol–water partition coefficient (Wildman–Crippen LogP) is 4.63. The molecule has 0 radical (unpaired) electrons. The van der Waals surface area contributed by atoms with Crippen LogP contribution in [0.4, 0.5) is 0 Å². The fourth-order valence-electron chi connectivity index (χ4n) is 3.00. The quantitative estimate of drug-likeness (QED) is 0.588. The van der Waals surface area contributed by atoms with Crippen molar-refractivity contribution in [1.29, 1.82) is 0 Å². The van der Waals surface area contributed by atoms with Crippen molar-refractivity contribution in [3.8, 4) is 0 Å². The second-order valence-corrected chi connectivity index (χ2v) is 4.77. The van der Waals surface area contributed by atoms with E-state index < -0.39 is 0 Å². The Morgan fingerprint density at radius 2 is 1.44 bits per heavy atom. The van der Waals surface area contributed by atoms with Gasteiger partial charge in [0.1, 0.15) is 0 Å². The van der Waals surface area contributed by atoms with Gasteiger partial charge in [0, 0.05) is 18.1 Å². The molecule has 0 aliphatic carbocycles. The number of allylic oxidation sites excluding steroid dienone is 1. The van der Waals surface area contributed by atoms with Crippen LogP contribution in [0.1, 0.15) is 66.7 Å². The van der Waals surface area contributed by atoms with Crippen molar-refractivity contribution in [1.82, 2.24) is 4.90 Å². The molecule has 0 aromatic carbocycles. The summed E-state index contributed by atoms with van der Waals surface area (Å²) in [6.07, 6.45) is 9.12. The average molecular weight is 225 g/mol. The molecule has 0 amide bonds. The first-order valence-corrected chi connectivity index (χ1v) is 7.05. The van der Waals surface area contributed by atoms with Gasteiger partial charge in [-0.1, -0.05) is 26.3 Å². The fraction of sp³-hybridized carbons (Fsp3) is 0.867. The molecule has 1 nitrogen and oxygen atoms in total. The Morgan fingerprint density at radius 3 is 1.69 bits per heavy atom. The largest absolute Gasteiger partial charge is 0.295 e. The zero-order valence-electron chi connectivity index (χ0n) is 12.0. The molecular formula is C15H31N. The van der Waals surface area contributed by atoms with Crippen LogP contribution in [0.25, 0.3) is 0 Å². The molecule has 2 aliphatic rings. The summed E-state index contributed by atoms with van der Waals surface area (Å²) in [6.45, 7) is 13.9. The number of piperidine rings is 1. The Balaban J connectivity index is 0.000000394. The van der Waals surface area contributed by atoms with Gasteiger partial charge in [-0.2, -0.15) is 0 Å². The van der Waals surface area contributed by atoms with Crippen molar-refractivity contribution in [2.75, 3.05) is 0 Å². The van der Waals surface area contributed by atoms with Crippen LogP contribution in [0.5, 0.6) is 0 Å². The summed E-state index contributed by atoms with van der Waals surface area (Å²) in [6, 6.07) is 2.69. The molecule has 0 aromatic heterocycles. The minimum Gasteiger partial charge on any atom is -0.295 e. The Kier molecular flexibility index (Phi) is 8.64. The standard InChI is InChI=1S/C10H19N.C3H6.C2H6/c1-8(2)11-9-4-3-5-10(11)7-6-9;1-3-2;1-2/h8-10H,3-7H2,1-2H3;3H,1H2,2H3;1-2H3. The van der Waals surface area contributed by atoms with Crippen molar-refractivity contribution < 1.29 is 0 Å². The molecule has 0 aromatic rings. The summed E-state index contributed by atoms with van der Waals surface area (Å²) in [5.74, 6) is 0. The Morgan fingerprint density at radius 1 is 1.06 bits per heavy atom. The van der Waals surface area contributed by atoms with Crippen molar-refractivity contribution in [2.45, 2.75) is 84.8 Å². The lowest BCUT2D eigenvalue weighted by atomic mass is 10.0. The van der Waals surface area contributed by atoms with Gasteiger partial charge in [-0.3, -0.25) is 4.90 Å². The first-order valence-electron chi connectivity index (χ1n) is 7.05. The molecule has 2 aliphatic heterocycles. The maximum absolute atomic E-state index is 3.36. The van der Waals surface area contributed by atoms with Gasteiger partial charge in [-0.15, -0.1) is 6.58 Å². The summed E-state index contributed by atoms with van der Waals surface area (Å²) in [5.41, 5.74) is 0. The normalized spacial score (nSPS) is 27.6. The molecule has 16 heavy (non-hydrogen) atoms. The zero-order valence-corrected chi connectivity index (χ0v) is 12.0. The maximum atomic E-state index is 3.36. The molecule has 2 atom stereocenters. The van der Waals surface area contributed by atoms with Gasteiger partial charge in [-0.25, -0.2) is 0 Å². The zero-order chi connectivity index (χ0) is 12.6. The molecule has 2 saturated heterocycles. The minimum atomic E-state index is 0.785. The SMILES string of the molecule is C=CC.CC.CC(C)N1C2CCCC1CC2. The van der Waals surface area contributed by atoms with Crippen LogP contribution in [0.2, 0.25) is 0 Å². The van der Waals surface area contributed by atoms with E-state index in [2.05, 4.69) is 25.3 Å². The molecule has 0 N–H and O–H groups in total. The highest BCUT2D eigenvalue weighted by atomic mass is 15.2. The monoisotopic (exact) mass is 225 g/mol. The van der Waals surface area contributed by atoms with E-state index in [0.29, 0.717) is 0 Å². The molecule has 1 heteroatoms. The molecular weight excluding hydrogens is 194 g/mol. The van der Waals surface area contributed by atoms with Gasteiger partial charge < -0.3 is 0 Å². The van der Waals surface area contributed by atoms with Crippen LogP contribution < -0.4 is 0 Å². The van der Waals surface area contributed by atoms with E-state index in [1.165, 1.54) is 32.1 Å². The van der Waals surface area contributed by atoms with Crippen LogP contribution in [-0.4, -0.2) is 23.0 Å². The molecule has 2 rings (SSSR count). The van der Waals surface area contributed by atoms with E-state index >= 15 is 0 Å². The lowest BCUT2D eigenvalue weighted by molar-refractivity contribution is 0.104. The minimum absolute atomic E-state index is 0.785. The molecule has 2 fully saturated rings. The first-order chi connectivity index (χ1) is 7.70. The van der Waals surface area contributed by atoms with Gasteiger partial charge >= 0.3 is 0 Å². The number of nitrogens with zero attached hydrogens (tertiary/aromatic N) is 1. The second-order valence-electron chi connectivity index (χ2n) is 4.77. The third-order valence-electron chi connectivity index (χ3n) is 3.35. The van der Waals surface area contributed by atoms with E-state index in [1.807, 2.05) is 20.8 Å². The summed E-state index contributed by atoms with van der Waals surface area (Å²) in [7, 11) is 0. The van der Waals surface area contributed by atoms with Crippen molar-refractivity contribution >= 4 is 0 Å². The average Bonchev–Trinajstić information content (AvgIpc) is 2.54. The molecule has 96 valence electrons. The van der Waals surface area contributed by atoms with E-state index in [4.69, 9.17) is 0 Å². The molecule has 2 bridgehead atoms. The smallest absolute Gasteiger partial charge is 0.0101 e.